The summed E-state index contributed by atoms with van der Waals surface area (Å²) in [5.41, 5.74) is 2.20. The van der Waals surface area contributed by atoms with E-state index in [-0.39, 0.29) is 5.91 Å². The van der Waals surface area contributed by atoms with Crippen LogP contribution in [0.4, 0.5) is 5.69 Å². The number of nitrogens with one attached hydrogen (secondary N) is 1. The van der Waals surface area contributed by atoms with Crippen LogP contribution in [0.2, 0.25) is 0 Å². The molecule has 3 rings (SSSR count). The molecule has 0 bridgehead atoms. The Bertz CT molecular complexity index is 485. The molecule has 0 saturated carbocycles. The Labute approximate surface area is 127 Å². The maximum Gasteiger partial charge on any atom is 0.238 e. The number of aryl methyl sites for hydroxylation is 1. The topological polar surface area (TPSA) is 35.6 Å². The first-order valence-corrected chi connectivity index (χ1v) is 8.10. The van der Waals surface area contributed by atoms with Crippen LogP contribution in [-0.4, -0.2) is 54.5 Å². The number of carbonyl (C=O) groups is 1. The van der Waals surface area contributed by atoms with Crippen LogP contribution in [0, 0.1) is 0 Å². The molecule has 114 valence electrons. The van der Waals surface area contributed by atoms with Gasteiger partial charge in [0.25, 0.3) is 0 Å². The quantitative estimate of drug-likeness (QED) is 0.919. The van der Waals surface area contributed by atoms with E-state index in [2.05, 4.69) is 34.2 Å². The number of anilines is 1. The second-order valence-electron chi connectivity index (χ2n) is 6.17. The highest BCUT2D eigenvalue weighted by Crippen LogP contribution is 2.21. The molecule has 0 aromatic heterocycles. The standard InChI is InChI=1S/C17H25N3O/c1-2-14-5-7-15(8-6-14)18-17(21)13-19-10-11-20-9-3-4-16(20)12-19/h5-8,16H,2-4,9-13H2,1H3,(H,18,21). The van der Waals surface area contributed by atoms with Crippen molar-refractivity contribution in [1.29, 1.82) is 0 Å². The zero-order valence-corrected chi connectivity index (χ0v) is 12.8. The van der Waals surface area contributed by atoms with Crippen molar-refractivity contribution in [1.82, 2.24) is 9.80 Å². The Kier molecular flexibility index (Phi) is 4.56. The molecular formula is C17H25N3O. The predicted octanol–water partition coefficient (Wildman–Crippen LogP) is 1.97. The first-order valence-electron chi connectivity index (χ1n) is 8.10. The maximum atomic E-state index is 12.2. The molecule has 0 radical (unpaired) electrons. The van der Waals surface area contributed by atoms with E-state index in [0.717, 1.165) is 31.7 Å². The maximum absolute atomic E-state index is 12.2. The fourth-order valence-corrected chi connectivity index (χ4v) is 3.43. The van der Waals surface area contributed by atoms with E-state index in [4.69, 9.17) is 0 Å². The van der Waals surface area contributed by atoms with Crippen LogP contribution in [-0.2, 0) is 11.2 Å². The number of carbonyl (C=O) groups excluding carboxylic acids is 1. The zero-order chi connectivity index (χ0) is 14.7. The molecule has 1 amide bonds. The van der Waals surface area contributed by atoms with E-state index in [1.807, 2.05) is 12.1 Å². The number of fused-ring (bicyclic) bond motifs is 1. The molecule has 2 aliphatic heterocycles. The fourth-order valence-electron chi connectivity index (χ4n) is 3.43. The van der Waals surface area contributed by atoms with Crippen LogP contribution >= 0.6 is 0 Å². The van der Waals surface area contributed by atoms with Gasteiger partial charge in [-0.1, -0.05) is 19.1 Å². The van der Waals surface area contributed by atoms with Gasteiger partial charge in [-0.15, -0.1) is 0 Å². The van der Waals surface area contributed by atoms with Gasteiger partial charge >= 0.3 is 0 Å². The number of rotatable bonds is 4. The molecule has 21 heavy (non-hydrogen) atoms. The molecule has 1 aromatic rings. The van der Waals surface area contributed by atoms with Crippen LogP contribution in [0.25, 0.3) is 0 Å². The summed E-state index contributed by atoms with van der Waals surface area (Å²) in [7, 11) is 0. The van der Waals surface area contributed by atoms with Gasteiger partial charge in [0.05, 0.1) is 6.54 Å². The fraction of sp³-hybridized carbons (Fsp3) is 0.588. The van der Waals surface area contributed by atoms with Crippen LogP contribution in [0.1, 0.15) is 25.3 Å². The lowest BCUT2D eigenvalue weighted by Crippen LogP contribution is -2.51. The number of piperazine rings is 1. The molecule has 4 heteroatoms. The summed E-state index contributed by atoms with van der Waals surface area (Å²) >= 11 is 0. The van der Waals surface area contributed by atoms with E-state index in [1.165, 1.54) is 24.9 Å². The molecular weight excluding hydrogens is 262 g/mol. The van der Waals surface area contributed by atoms with Crippen LogP contribution in [0.5, 0.6) is 0 Å². The lowest BCUT2D eigenvalue weighted by Gasteiger charge is -2.37. The summed E-state index contributed by atoms with van der Waals surface area (Å²) in [5.74, 6) is 0.102. The Balaban J connectivity index is 1.49. The number of hydrogen-bond donors (Lipinski definition) is 1. The zero-order valence-electron chi connectivity index (χ0n) is 12.8. The Morgan fingerprint density at radius 3 is 2.81 bits per heavy atom. The molecule has 0 spiro atoms. The molecule has 4 nitrogen and oxygen atoms in total. The summed E-state index contributed by atoms with van der Waals surface area (Å²) in [6.45, 7) is 7.06. The third-order valence-corrected chi connectivity index (χ3v) is 4.68. The van der Waals surface area contributed by atoms with Crippen LogP contribution < -0.4 is 5.32 Å². The SMILES string of the molecule is CCc1ccc(NC(=O)CN2CCN3CCCC3C2)cc1. The largest absolute Gasteiger partial charge is 0.325 e. The molecule has 1 unspecified atom stereocenters. The van der Waals surface area contributed by atoms with Crippen LogP contribution in [0.3, 0.4) is 0 Å². The molecule has 2 saturated heterocycles. The minimum absolute atomic E-state index is 0.102. The number of hydrogen-bond acceptors (Lipinski definition) is 3. The van der Waals surface area contributed by atoms with Gasteiger partial charge in [0.15, 0.2) is 0 Å². The first-order chi connectivity index (χ1) is 10.2. The van der Waals surface area contributed by atoms with E-state index < -0.39 is 0 Å². The van der Waals surface area contributed by atoms with Crippen molar-refractivity contribution in [3.05, 3.63) is 29.8 Å². The molecule has 1 atom stereocenters. The van der Waals surface area contributed by atoms with Gasteiger partial charge in [-0.3, -0.25) is 14.6 Å². The minimum atomic E-state index is 0.102. The summed E-state index contributed by atoms with van der Waals surface area (Å²) in [6, 6.07) is 8.81. The summed E-state index contributed by atoms with van der Waals surface area (Å²) in [4.78, 5) is 17.0. The van der Waals surface area contributed by atoms with Gasteiger partial charge in [0.1, 0.15) is 0 Å². The average molecular weight is 287 g/mol. The Morgan fingerprint density at radius 2 is 2.05 bits per heavy atom. The second-order valence-corrected chi connectivity index (χ2v) is 6.17. The van der Waals surface area contributed by atoms with Crippen molar-refractivity contribution in [3.63, 3.8) is 0 Å². The molecule has 1 aromatic carbocycles. The average Bonchev–Trinajstić information content (AvgIpc) is 2.95. The molecule has 0 aliphatic carbocycles. The normalized spacial score (nSPS) is 23.0. The lowest BCUT2D eigenvalue weighted by atomic mass is 10.1. The molecule has 2 aliphatic rings. The van der Waals surface area contributed by atoms with Crippen LogP contribution in [0.15, 0.2) is 24.3 Å². The summed E-state index contributed by atoms with van der Waals surface area (Å²) in [5, 5.41) is 3.01. The van der Waals surface area contributed by atoms with E-state index >= 15 is 0 Å². The van der Waals surface area contributed by atoms with Crippen molar-refractivity contribution >= 4 is 11.6 Å². The smallest absolute Gasteiger partial charge is 0.238 e. The lowest BCUT2D eigenvalue weighted by molar-refractivity contribution is -0.117. The molecule has 2 fully saturated rings. The minimum Gasteiger partial charge on any atom is -0.325 e. The number of benzene rings is 1. The van der Waals surface area contributed by atoms with E-state index in [1.54, 1.807) is 0 Å². The summed E-state index contributed by atoms with van der Waals surface area (Å²) in [6.07, 6.45) is 3.63. The monoisotopic (exact) mass is 287 g/mol. The van der Waals surface area contributed by atoms with Crippen molar-refractivity contribution in [2.24, 2.45) is 0 Å². The van der Waals surface area contributed by atoms with Crippen molar-refractivity contribution in [2.45, 2.75) is 32.2 Å². The number of amides is 1. The van der Waals surface area contributed by atoms with Crippen molar-refractivity contribution in [3.8, 4) is 0 Å². The highest BCUT2D eigenvalue weighted by Gasteiger charge is 2.30. The van der Waals surface area contributed by atoms with E-state index in [0.29, 0.717) is 12.6 Å². The van der Waals surface area contributed by atoms with Gasteiger partial charge in [0, 0.05) is 31.4 Å². The summed E-state index contributed by atoms with van der Waals surface area (Å²) < 4.78 is 0. The van der Waals surface area contributed by atoms with Crippen molar-refractivity contribution < 1.29 is 4.79 Å². The Hall–Kier alpha value is -1.39. The van der Waals surface area contributed by atoms with Gasteiger partial charge in [-0.25, -0.2) is 0 Å². The molecule has 2 heterocycles. The first kappa shape index (κ1) is 14.5. The van der Waals surface area contributed by atoms with Gasteiger partial charge < -0.3 is 5.32 Å². The Morgan fingerprint density at radius 1 is 1.24 bits per heavy atom. The number of nitrogens with zero attached hydrogens (tertiary/aromatic N) is 2. The van der Waals surface area contributed by atoms with Crippen molar-refractivity contribution in [2.75, 3.05) is 38.0 Å². The van der Waals surface area contributed by atoms with Gasteiger partial charge in [0.2, 0.25) is 5.91 Å². The third-order valence-electron chi connectivity index (χ3n) is 4.68. The predicted molar refractivity (Wildman–Crippen MR) is 85.5 cm³/mol. The third kappa shape index (κ3) is 3.63. The highest BCUT2D eigenvalue weighted by molar-refractivity contribution is 5.92. The molecule has 1 N–H and O–H groups in total. The second kappa shape index (κ2) is 6.58. The van der Waals surface area contributed by atoms with Gasteiger partial charge in [-0.2, -0.15) is 0 Å². The van der Waals surface area contributed by atoms with Gasteiger partial charge in [-0.05, 0) is 43.5 Å². The highest BCUT2D eigenvalue weighted by atomic mass is 16.2. The van der Waals surface area contributed by atoms with E-state index in [9.17, 15) is 4.79 Å².